The molecule has 10 nitrogen and oxygen atoms in total. The van der Waals surface area contributed by atoms with Crippen LogP contribution < -0.4 is 0 Å². The molecule has 1 aliphatic heterocycles. The van der Waals surface area contributed by atoms with Crippen molar-refractivity contribution in [2.24, 2.45) is 0 Å². The van der Waals surface area contributed by atoms with Gasteiger partial charge in [0, 0.05) is 43.9 Å². The molecule has 1 fully saturated rings. The van der Waals surface area contributed by atoms with Gasteiger partial charge in [0.25, 0.3) is 5.69 Å². The molecule has 1 aromatic heterocycles. The molecular weight excluding hydrogens is 479 g/mol. The number of piperazine rings is 1. The van der Waals surface area contributed by atoms with Crippen LogP contribution in [-0.2, 0) is 22.7 Å². The number of nitro benzene ring substituents is 1. The highest BCUT2D eigenvalue weighted by atomic mass is 32.2. The SMILES string of the molecule is O=[N+]([O-])c1ccc(S(=O)(=O)N2CCN(Cc3nc(-c4cccc(C(F)(F)F)c4)no3)CC2)cc1. The molecule has 1 saturated heterocycles. The Morgan fingerprint density at radius 1 is 1.06 bits per heavy atom. The van der Waals surface area contributed by atoms with Crippen molar-refractivity contribution in [3.8, 4) is 11.4 Å². The van der Waals surface area contributed by atoms with E-state index in [-0.39, 0.29) is 47.5 Å². The first-order valence-corrected chi connectivity index (χ1v) is 11.5. The lowest BCUT2D eigenvalue weighted by atomic mass is 10.1. The summed E-state index contributed by atoms with van der Waals surface area (Å²) >= 11 is 0. The van der Waals surface area contributed by atoms with Gasteiger partial charge in [-0.15, -0.1) is 0 Å². The number of hydrogen-bond acceptors (Lipinski definition) is 8. The molecule has 1 aliphatic rings. The van der Waals surface area contributed by atoms with E-state index < -0.39 is 26.7 Å². The minimum absolute atomic E-state index is 0.0282. The van der Waals surface area contributed by atoms with Crippen molar-refractivity contribution >= 4 is 15.7 Å². The molecule has 0 atom stereocenters. The van der Waals surface area contributed by atoms with E-state index in [1.165, 1.54) is 28.6 Å². The van der Waals surface area contributed by atoms with Crippen LogP contribution >= 0.6 is 0 Å². The first-order valence-electron chi connectivity index (χ1n) is 10.0. The monoisotopic (exact) mass is 497 g/mol. The van der Waals surface area contributed by atoms with Gasteiger partial charge in [-0.25, -0.2) is 8.42 Å². The lowest BCUT2D eigenvalue weighted by molar-refractivity contribution is -0.384. The summed E-state index contributed by atoms with van der Waals surface area (Å²) in [6.45, 7) is 1.26. The third-order valence-corrected chi connectivity index (χ3v) is 7.20. The Morgan fingerprint density at radius 3 is 2.35 bits per heavy atom. The molecule has 34 heavy (non-hydrogen) atoms. The summed E-state index contributed by atoms with van der Waals surface area (Å²) < 4.78 is 70.9. The maximum Gasteiger partial charge on any atom is 0.416 e. The maximum atomic E-state index is 12.9. The van der Waals surface area contributed by atoms with Gasteiger partial charge in [0.15, 0.2) is 0 Å². The highest BCUT2D eigenvalue weighted by Crippen LogP contribution is 2.31. The number of alkyl halides is 3. The van der Waals surface area contributed by atoms with Crippen LogP contribution in [0.25, 0.3) is 11.4 Å². The normalized spacial score (nSPS) is 16.0. The first-order chi connectivity index (χ1) is 16.0. The number of non-ortho nitro benzene ring substituents is 1. The molecule has 0 saturated carbocycles. The average Bonchev–Trinajstić information content (AvgIpc) is 3.27. The number of nitro groups is 1. The van der Waals surface area contributed by atoms with Crippen LogP contribution in [0.15, 0.2) is 57.9 Å². The molecule has 180 valence electrons. The zero-order valence-corrected chi connectivity index (χ0v) is 18.3. The second-order valence-electron chi connectivity index (χ2n) is 7.52. The molecule has 14 heteroatoms. The molecule has 2 heterocycles. The van der Waals surface area contributed by atoms with E-state index in [9.17, 15) is 31.7 Å². The summed E-state index contributed by atoms with van der Waals surface area (Å²) in [5, 5.41) is 14.5. The zero-order chi connectivity index (χ0) is 24.5. The van der Waals surface area contributed by atoms with E-state index in [4.69, 9.17) is 4.52 Å². The van der Waals surface area contributed by atoms with E-state index in [0.717, 1.165) is 24.3 Å². The predicted molar refractivity (Wildman–Crippen MR) is 112 cm³/mol. The largest absolute Gasteiger partial charge is 0.416 e. The standard InChI is InChI=1S/C20H18F3N5O5S/c21-20(22,23)15-3-1-2-14(12-15)19-24-18(33-25-19)13-26-8-10-27(11-9-26)34(31,32)17-6-4-16(5-7-17)28(29)30/h1-7,12H,8-11,13H2. The Bertz CT molecular complexity index is 1290. The minimum Gasteiger partial charge on any atom is -0.338 e. The van der Waals surface area contributed by atoms with Crippen molar-refractivity contribution in [2.45, 2.75) is 17.6 Å². The molecule has 0 spiro atoms. The van der Waals surface area contributed by atoms with Crippen LogP contribution in [0, 0.1) is 10.1 Å². The predicted octanol–water partition coefficient (Wildman–Crippen LogP) is 3.17. The van der Waals surface area contributed by atoms with Gasteiger partial charge in [-0.2, -0.15) is 22.5 Å². The summed E-state index contributed by atoms with van der Waals surface area (Å²) in [6, 6.07) is 9.29. The van der Waals surface area contributed by atoms with Crippen molar-refractivity contribution in [1.29, 1.82) is 0 Å². The van der Waals surface area contributed by atoms with Crippen LogP contribution in [0.2, 0.25) is 0 Å². The number of sulfonamides is 1. The smallest absolute Gasteiger partial charge is 0.338 e. The number of hydrogen-bond donors (Lipinski definition) is 0. The molecule has 4 rings (SSSR count). The van der Waals surface area contributed by atoms with Gasteiger partial charge >= 0.3 is 6.18 Å². The summed E-state index contributed by atoms with van der Waals surface area (Å²) in [4.78, 5) is 16.2. The molecule has 0 amide bonds. The molecule has 0 N–H and O–H groups in total. The number of nitrogens with zero attached hydrogens (tertiary/aromatic N) is 5. The third-order valence-electron chi connectivity index (χ3n) is 5.29. The van der Waals surface area contributed by atoms with Crippen LogP contribution in [0.5, 0.6) is 0 Å². The Kier molecular flexibility index (Phi) is 6.38. The van der Waals surface area contributed by atoms with E-state index in [2.05, 4.69) is 10.1 Å². The number of benzene rings is 2. The lowest BCUT2D eigenvalue weighted by Gasteiger charge is -2.33. The molecule has 0 aliphatic carbocycles. The second-order valence-corrected chi connectivity index (χ2v) is 9.46. The summed E-state index contributed by atoms with van der Waals surface area (Å²) in [5.74, 6) is 0.222. The molecule has 3 aromatic rings. The van der Waals surface area contributed by atoms with Crippen molar-refractivity contribution in [2.75, 3.05) is 26.2 Å². The molecule has 0 bridgehead atoms. The summed E-state index contributed by atoms with van der Waals surface area (Å²) in [6.07, 6.45) is -4.49. The van der Waals surface area contributed by atoms with Gasteiger partial charge in [-0.1, -0.05) is 17.3 Å². The van der Waals surface area contributed by atoms with E-state index in [1.807, 2.05) is 4.90 Å². The first kappa shape index (κ1) is 23.8. The highest BCUT2D eigenvalue weighted by molar-refractivity contribution is 7.89. The Balaban J connectivity index is 1.38. The second kappa shape index (κ2) is 9.12. The van der Waals surface area contributed by atoms with Gasteiger partial charge in [0.05, 0.1) is 21.9 Å². The quantitative estimate of drug-likeness (QED) is 0.376. The average molecular weight is 497 g/mol. The van der Waals surface area contributed by atoms with Crippen molar-refractivity contribution < 1.29 is 31.0 Å². The molecule has 2 aromatic carbocycles. The summed E-state index contributed by atoms with van der Waals surface area (Å²) in [7, 11) is -3.81. The van der Waals surface area contributed by atoms with Crippen molar-refractivity contribution in [3.05, 3.63) is 70.1 Å². The topological polar surface area (TPSA) is 123 Å². The van der Waals surface area contributed by atoms with Crippen molar-refractivity contribution in [1.82, 2.24) is 19.3 Å². The Morgan fingerprint density at radius 2 is 1.74 bits per heavy atom. The maximum absolute atomic E-state index is 12.9. The minimum atomic E-state index is -4.49. The fourth-order valence-corrected chi connectivity index (χ4v) is 4.90. The number of halogens is 3. The number of rotatable bonds is 6. The molecule has 0 radical (unpaired) electrons. The zero-order valence-electron chi connectivity index (χ0n) is 17.5. The Labute approximate surface area is 191 Å². The third kappa shape index (κ3) is 5.08. The van der Waals surface area contributed by atoms with Crippen LogP contribution in [0.4, 0.5) is 18.9 Å². The fraction of sp³-hybridized carbons (Fsp3) is 0.300. The van der Waals surface area contributed by atoms with Crippen LogP contribution in [0.1, 0.15) is 11.5 Å². The van der Waals surface area contributed by atoms with Gasteiger partial charge in [0.2, 0.25) is 21.7 Å². The van der Waals surface area contributed by atoms with E-state index in [0.29, 0.717) is 13.1 Å². The highest BCUT2D eigenvalue weighted by Gasteiger charge is 2.31. The molecular formula is C20H18F3N5O5S. The van der Waals surface area contributed by atoms with Crippen LogP contribution in [-0.4, -0.2) is 58.9 Å². The van der Waals surface area contributed by atoms with Gasteiger partial charge in [0.1, 0.15) is 0 Å². The summed E-state index contributed by atoms with van der Waals surface area (Å²) in [5.41, 5.74) is -0.849. The van der Waals surface area contributed by atoms with Crippen LogP contribution in [0.3, 0.4) is 0 Å². The van der Waals surface area contributed by atoms with Crippen molar-refractivity contribution in [3.63, 3.8) is 0 Å². The fourth-order valence-electron chi connectivity index (χ4n) is 3.48. The lowest BCUT2D eigenvalue weighted by Crippen LogP contribution is -2.48. The van der Waals surface area contributed by atoms with Gasteiger partial charge in [-0.05, 0) is 24.3 Å². The molecule has 0 unspecified atom stereocenters. The van der Waals surface area contributed by atoms with Gasteiger partial charge in [-0.3, -0.25) is 15.0 Å². The Hall–Kier alpha value is -3.36. The van der Waals surface area contributed by atoms with Gasteiger partial charge < -0.3 is 4.52 Å². The van der Waals surface area contributed by atoms with E-state index in [1.54, 1.807) is 0 Å². The number of aromatic nitrogens is 2. The van der Waals surface area contributed by atoms with E-state index >= 15 is 0 Å².